The van der Waals surface area contributed by atoms with E-state index in [0.717, 1.165) is 29.7 Å². The van der Waals surface area contributed by atoms with Crippen LogP contribution in [-0.4, -0.2) is 12.5 Å². The van der Waals surface area contributed by atoms with Gasteiger partial charge in [-0.15, -0.1) is 0 Å². The highest BCUT2D eigenvalue weighted by Gasteiger charge is 2.29. The third-order valence-corrected chi connectivity index (χ3v) is 4.93. The summed E-state index contributed by atoms with van der Waals surface area (Å²) in [6.45, 7) is 4.92. The number of carbonyl (C=O) groups is 1. The average Bonchev–Trinajstić information content (AvgIpc) is 2.63. The highest BCUT2D eigenvalue weighted by Crippen LogP contribution is 2.33. The van der Waals surface area contributed by atoms with E-state index in [-0.39, 0.29) is 17.9 Å². The Morgan fingerprint density at radius 2 is 1.88 bits per heavy atom. The normalized spacial score (nSPS) is 18.8. The van der Waals surface area contributed by atoms with Crippen molar-refractivity contribution >= 4 is 5.91 Å². The summed E-state index contributed by atoms with van der Waals surface area (Å²) >= 11 is 0. The van der Waals surface area contributed by atoms with Crippen molar-refractivity contribution in [3.63, 3.8) is 0 Å². The van der Waals surface area contributed by atoms with Crippen molar-refractivity contribution in [3.05, 3.63) is 65.7 Å². The number of amides is 1. The number of hydrogen-bond donors (Lipinski definition) is 1. The van der Waals surface area contributed by atoms with Crippen LogP contribution in [0.15, 0.2) is 54.6 Å². The second-order valence-corrected chi connectivity index (χ2v) is 6.51. The number of para-hydroxylation sites is 1. The third kappa shape index (κ3) is 3.45. The molecule has 3 nitrogen and oxygen atoms in total. The van der Waals surface area contributed by atoms with Crippen LogP contribution in [0, 0.1) is 5.92 Å². The second kappa shape index (κ2) is 7.52. The van der Waals surface area contributed by atoms with E-state index in [0.29, 0.717) is 12.5 Å². The molecule has 126 valence electrons. The molecule has 3 heteroatoms. The highest BCUT2D eigenvalue weighted by atomic mass is 16.5. The maximum atomic E-state index is 13.1. The smallest absolute Gasteiger partial charge is 0.228 e. The molecule has 0 bridgehead atoms. The summed E-state index contributed by atoms with van der Waals surface area (Å²) in [5.41, 5.74) is 2.16. The van der Waals surface area contributed by atoms with E-state index in [1.54, 1.807) is 0 Å². The van der Waals surface area contributed by atoms with Crippen molar-refractivity contribution in [1.82, 2.24) is 5.32 Å². The van der Waals surface area contributed by atoms with Crippen LogP contribution in [0.1, 0.15) is 49.8 Å². The maximum absolute atomic E-state index is 13.1. The molecule has 3 rings (SSSR count). The first-order chi connectivity index (χ1) is 11.7. The Morgan fingerprint density at radius 3 is 2.62 bits per heavy atom. The summed E-state index contributed by atoms with van der Waals surface area (Å²) in [4.78, 5) is 13.1. The van der Waals surface area contributed by atoms with Crippen LogP contribution < -0.4 is 10.1 Å². The molecule has 1 aliphatic heterocycles. The van der Waals surface area contributed by atoms with Crippen LogP contribution in [0.4, 0.5) is 0 Å². The fourth-order valence-corrected chi connectivity index (χ4v) is 3.39. The fourth-order valence-electron chi connectivity index (χ4n) is 3.39. The summed E-state index contributed by atoms with van der Waals surface area (Å²) in [6.07, 6.45) is 1.78. The molecule has 0 aliphatic carbocycles. The van der Waals surface area contributed by atoms with E-state index in [9.17, 15) is 4.79 Å². The lowest BCUT2D eigenvalue weighted by Gasteiger charge is -2.30. The number of rotatable bonds is 5. The summed E-state index contributed by atoms with van der Waals surface area (Å²) in [5.74, 6) is 1.17. The van der Waals surface area contributed by atoms with Gasteiger partial charge in [0.25, 0.3) is 0 Å². The molecule has 1 N–H and O–H groups in total. The zero-order valence-electron chi connectivity index (χ0n) is 14.4. The van der Waals surface area contributed by atoms with Crippen molar-refractivity contribution in [2.75, 3.05) is 6.61 Å². The maximum Gasteiger partial charge on any atom is 0.228 e. The number of nitrogens with one attached hydrogen (secondary N) is 1. The van der Waals surface area contributed by atoms with Crippen LogP contribution in [0.5, 0.6) is 5.75 Å². The van der Waals surface area contributed by atoms with Crippen LogP contribution in [0.2, 0.25) is 0 Å². The molecule has 2 aromatic rings. The van der Waals surface area contributed by atoms with Gasteiger partial charge in [-0.25, -0.2) is 0 Å². The Balaban J connectivity index is 1.82. The zero-order valence-corrected chi connectivity index (χ0v) is 14.4. The molecule has 3 atom stereocenters. The second-order valence-electron chi connectivity index (χ2n) is 6.51. The van der Waals surface area contributed by atoms with Gasteiger partial charge in [-0.1, -0.05) is 68.8 Å². The van der Waals surface area contributed by atoms with E-state index in [1.807, 2.05) is 54.6 Å². The van der Waals surface area contributed by atoms with Gasteiger partial charge >= 0.3 is 0 Å². The van der Waals surface area contributed by atoms with Crippen molar-refractivity contribution in [2.24, 2.45) is 5.92 Å². The van der Waals surface area contributed by atoms with E-state index >= 15 is 0 Å². The Bertz CT molecular complexity index is 683. The van der Waals surface area contributed by atoms with E-state index < -0.39 is 0 Å². The predicted molar refractivity (Wildman–Crippen MR) is 96.1 cm³/mol. The number of carbonyl (C=O) groups excluding carboxylic acids is 1. The van der Waals surface area contributed by atoms with Crippen molar-refractivity contribution in [1.29, 1.82) is 0 Å². The molecule has 0 unspecified atom stereocenters. The standard InChI is InChI=1S/C21H25NO2/c1-3-15(2)20(16-9-5-4-6-10-16)21(23)22-18-13-14-24-19-12-8-7-11-17(18)19/h4-12,15,18,20H,3,13-14H2,1-2H3,(H,22,23)/t15-,18+,20+/m0/s1. The van der Waals surface area contributed by atoms with Crippen LogP contribution in [-0.2, 0) is 4.79 Å². The lowest BCUT2D eigenvalue weighted by atomic mass is 9.84. The monoisotopic (exact) mass is 323 g/mol. The molecule has 0 radical (unpaired) electrons. The van der Waals surface area contributed by atoms with Gasteiger partial charge in [-0.3, -0.25) is 4.79 Å². The summed E-state index contributed by atoms with van der Waals surface area (Å²) in [5, 5.41) is 3.27. The number of benzene rings is 2. The first-order valence-corrected chi connectivity index (χ1v) is 8.77. The van der Waals surface area contributed by atoms with Gasteiger partial charge in [-0.2, -0.15) is 0 Å². The average molecular weight is 323 g/mol. The van der Waals surface area contributed by atoms with Gasteiger partial charge in [-0.05, 0) is 17.5 Å². The van der Waals surface area contributed by atoms with Crippen LogP contribution in [0.3, 0.4) is 0 Å². The largest absolute Gasteiger partial charge is 0.493 e. The third-order valence-electron chi connectivity index (χ3n) is 4.93. The molecule has 0 saturated carbocycles. The van der Waals surface area contributed by atoms with Crippen molar-refractivity contribution in [2.45, 2.75) is 38.6 Å². The number of fused-ring (bicyclic) bond motifs is 1. The zero-order chi connectivity index (χ0) is 16.9. The molecule has 1 aliphatic rings. The Hall–Kier alpha value is -2.29. The predicted octanol–water partition coefficient (Wildman–Crippen LogP) is 4.46. The molecule has 0 spiro atoms. The molecule has 24 heavy (non-hydrogen) atoms. The number of hydrogen-bond acceptors (Lipinski definition) is 2. The highest BCUT2D eigenvalue weighted by molar-refractivity contribution is 5.84. The van der Waals surface area contributed by atoms with E-state index in [2.05, 4.69) is 19.2 Å². The SMILES string of the molecule is CC[C@H](C)[C@@H](C(=O)N[C@@H]1CCOc2ccccc21)c1ccccc1. The van der Waals surface area contributed by atoms with E-state index in [1.165, 1.54) is 0 Å². The van der Waals surface area contributed by atoms with Crippen molar-refractivity contribution in [3.8, 4) is 5.75 Å². The lowest BCUT2D eigenvalue weighted by molar-refractivity contribution is -0.124. The van der Waals surface area contributed by atoms with Crippen LogP contribution >= 0.6 is 0 Å². The van der Waals surface area contributed by atoms with E-state index in [4.69, 9.17) is 4.74 Å². The van der Waals surface area contributed by atoms with Gasteiger partial charge < -0.3 is 10.1 Å². The van der Waals surface area contributed by atoms with Gasteiger partial charge in [0.2, 0.25) is 5.91 Å². The molecule has 0 aromatic heterocycles. The van der Waals surface area contributed by atoms with Crippen LogP contribution in [0.25, 0.3) is 0 Å². The first kappa shape index (κ1) is 16.6. The van der Waals surface area contributed by atoms with Gasteiger partial charge in [0.15, 0.2) is 0 Å². The summed E-state index contributed by atoms with van der Waals surface area (Å²) < 4.78 is 5.70. The molecule has 0 fully saturated rings. The molecular formula is C21H25NO2. The van der Waals surface area contributed by atoms with Crippen molar-refractivity contribution < 1.29 is 9.53 Å². The van der Waals surface area contributed by atoms with Gasteiger partial charge in [0.05, 0.1) is 18.6 Å². The minimum absolute atomic E-state index is 0.0257. The van der Waals surface area contributed by atoms with Gasteiger partial charge in [0, 0.05) is 12.0 Å². The lowest BCUT2D eigenvalue weighted by Crippen LogP contribution is -2.37. The summed E-state index contributed by atoms with van der Waals surface area (Å²) in [7, 11) is 0. The quantitative estimate of drug-likeness (QED) is 0.882. The van der Waals surface area contributed by atoms with Gasteiger partial charge in [0.1, 0.15) is 5.75 Å². The Morgan fingerprint density at radius 1 is 1.17 bits per heavy atom. The molecule has 1 amide bonds. The molecule has 0 saturated heterocycles. The number of ether oxygens (including phenoxy) is 1. The topological polar surface area (TPSA) is 38.3 Å². The minimum atomic E-state index is -0.119. The Kier molecular flexibility index (Phi) is 5.19. The first-order valence-electron chi connectivity index (χ1n) is 8.77. The molecule has 1 heterocycles. The summed E-state index contributed by atoms with van der Waals surface area (Å²) in [6, 6.07) is 18.1. The minimum Gasteiger partial charge on any atom is -0.493 e. The Labute approximate surface area is 144 Å². The fraction of sp³-hybridized carbons (Fsp3) is 0.381. The molecule has 2 aromatic carbocycles. The molecular weight excluding hydrogens is 298 g/mol.